The molecule has 3 aromatic rings. The number of non-ortho nitro benzene ring substituents is 1. The molecule has 3 rings (SSSR count). The van der Waals surface area contributed by atoms with Gasteiger partial charge in [0, 0.05) is 38.0 Å². The molecule has 0 aliphatic carbocycles. The number of rotatable bonds is 5. The lowest BCUT2D eigenvalue weighted by Gasteiger charge is -2.09. The van der Waals surface area contributed by atoms with E-state index in [1.54, 1.807) is 48.5 Å². The van der Waals surface area contributed by atoms with Gasteiger partial charge in [0.1, 0.15) is 0 Å². The third-order valence-electron chi connectivity index (χ3n) is 3.91. The third-order valence-corrected chi connectivity index (χ3v) is 5.13. The highest BCUT2D eigenvalue weighted by Gasteiger charge is 2.16. The van der Waals surface area contributed by atoms with Gasteiger partial charge in [-0.1, -0.05) is 15.9 Å². The maximum Gasteiger partial charge on any atom is 0.270 e. The van der Waals surface area contributed by atoms with Gasteiger partial charge >= 0.3 is 0 Å². The van der Waals surface area contributed by atoms with Gasteiger partial charge in [0.05, 0.1) is 10.5 Å². The van der Waals surface area contributed by atoms with Crippen LogP contribution in [0.2, 0.25) is 0 Å². The van der Waals surface area contributed by atoms with Crippen LogP contribution in [0.1, 0.15) is 20.7 Å². The third kappa shape index (κ3) is 5.27. The molecule has 0 atom stereocenters. The maximum atomic E-state index is 12.4. The van der Waals surface area contributed by atoms with Crippen LogP contribution in [-0.2, 0) is 0 Å². The molecule has 9 heteroatoms. The van der Waals surface area contributed by atoms with Crippen LogP contribution < -0.4 is 10.6 Å². The summed E-state index contributed by atoms with van der Waals surface area (Å²) >= 11 is 6.54. The van der Waals surface area contributed by atoms with E-state index in [2.05, 4.69) is 42.5 Å². The van der Waals surface area contributed by atoms with Crippen molar-refractivity contribution in [2.45, 2.75) is 0 Å². The molecular weight excluding hydrogens is 506 g/mol. The first kappa shape index (κ1) is 20.7. The molecule has 146 valence electrons. The van der Waals surface area contributed by atoms with E-state index < -0.39 is 10.8 Å². The quantitative estimate of drug-likeness (QED) is 0.338. The average molecular weight is 519 g/mol. The van der Waals surface area contributed by atoms with Gasteiger partial charge in [0.2, 0.25) is 0 Å². The number of hydrogen-bond acceptors (Lipinski definition) is 4. The molecule has 0 aliphatic rings. The number of amides is 2. The van der Waals surface area contributed by atoms with Crippen molar-refractivity contribution in [1.82, 2.24) is 0 Å². The monoisotopic (exact) mass is 517 g/mol. The predicted octanol–water partition coefficient (Wildman–Crippen LogP) is 5.62. The normalized spacial score (nSPS) is 10.3. The smallest absolute Gasteiger partial charge is 0.270 e. The van der Waals surface area contributed by atoms with Crippen molar-refractivity contribution in [3.63, 3.8) is 0 Å². The fourth-order valence-electron chi connectivity index (χ4n) is 2.44. The summed E-state index contributed by atoms with van der Waals surface area (Å²) in [5.74, 6) is -0.748. The number of halogens is 2. The predicted molar refractivity (Wildman–Crippen MR) is 117 cm³/mol. The highest BCUT2D eigenvalue weighted by molar-refractivity contribution is 9.10. The molecule has 29 heavy (non-hydrogen) atoms. The number of anilines is 2. The zero-order valence-electron chi connectivity index (χ0n) is 14.7. The largest absolute Gasteiger partial charge is 0.322 e. The molecule has 0 saturated heterocycles. The Morgan fingerprint density at radius 3 is 1.90 bits per heavy atom. The molecule has 0 fully saturated rings. The Morgan fingerprint density at radius 1 is 0.793 bits per heavy atom. The van der Waals surface area contributed by atoms with Crippen LogP contribution in [-0.4, -0.2) is 16.7 Å². The minimum Gasteiger partial charge on any atom is -0.322 e. The second-order valence-electron chi connectivity index (χ2n) is 5.91. The summed E-state index contributed by atoms with van der Waals surface area (Å²) in [6.45, 7) is 0. The van der Waals surface area contributed by atoms with Crippen molar-refractivity contribution in [2.24, 2.45) is 0 Å². The molecule has 2 N–H and O–H groups in total. The van der Waals surface area contributed by atoms with Crippen LogP contribution in [0.5, 0.6) is 0 Å². The van der Waals surface area contributed by atoms with Crippen LogP contribution in [0.3, 0.4) is 0 Å². The van der Waals surface area contributed by atoms with Crippen molar-refractivity contribution in [1.29, 1.82) is 0 Å². The Labute approximate surface area is 182 Å². The standard InChI is InChI=1S/C20H13Br2N3O4/c21-13-3-1-12(2-4-13)19(26)23-14-5-7-15(8-6-14)24-20(27)17-11-16(25(28)29)9-10-18(17)22/h1-11H,(H,23,26)(H,24,27). The molecule has 0 unspecified atom stereocenters. The Bertz CT molecular complexity index is 1080. The number of nitrogens with one attached hydrogen (secondary N) is 2. The maximum absolute atomic E-state index is 12.4. The Balaban J connectivity index is 1.68. The molecule has 7 nitrogen and oxygen atoms in total. The van der Waals surface area contributed by atoms with Crippen molar-refractivity contribution >= 4 is 60.7 Å². The Hall–Kier alpha value is -3.04. The van der Waals surface area contributed by atoms with E-state index in [0.29, 0.717) is 21.4 Å². The SMILES string of the molecule is O=C(Nc1ccc(NC(=O)c2cc([N+](=O)[O-])ccc2Br)cc1)c1ccc(Br)cc1. The Morgan fingerprint density at radius 2 is 1.34 bits per heavy atom. The van der Waals surface area contributed by atoms with Gasteiger partial charge < -0.3 is 10.6 Å². The van der Waals surface area contributed by atoms with E-state index in [1.165, 1.54) is 18.2 Å². The number of hydrogen-bond donors (Lipinski definition) is 2. The van der Waals surface area contributed by atoms with E-state index in [-0.39, 0.29) is 17.2 Å². The zero-order valence-corrected chi connectivity index (χ0v) is 17.9. The van der Waals surface area contributed by atoms with Gasteiger partial charge in [-0.25, -0.2) is 0 Å². The molecule has 0 aromatic heterocycles. The molecule has 0 bridgehead atoms. The van der Waals surface area contributed by atoms with E-state index >= 15 is 0 Å². The molecule has 0 aliphatic heterocycles. The van der Waals surface area contributed by atoms with Crippen molar-refractivity contribution in [3.8, 4) is 0 Å². The Kier molecular flexibility index (Phi) is 6.40. The highest BCUT2D eigenvalue weighted by atomic mass is 79.9. The first-order valence-electron chi connectivity index (χ1n) is 8.26. The second kappa shape index (κ2) is 8.97. The van der Waals surface area contributed by atoms with Gasteiger partial charge in [0.15, 0.2) is 0 Å². The topological polar surface area (TPSA) is 101 Å². The van der Waals surface area contributed by atoms with Crippen LogP contribution >= 0.6 is 31.9 Å². The van der Waals surface area contributed by atoms with Gasteiger partial charge in [-0.3, -0.25) is 19.7 Å². The van der Waals surface area contributed by atoms with Crippen LogP contribution in [0, 0.1) is 10.1 Å². The molecule has 0 saturated carbocycles. The number of carbonyl (C=O) groups is 2. The second-order valence-corrected chi connectivity index (χ2v) is 7.68. The summed E-state index contributed by atoms with van der Waals surface area (Å²) < 4.78 is 1.32. The number of benzene rings is 3. The van der Waals surface area contributed by atoms with Gasteiger partial charge in [-0.2, -0.15) is 0 Å². The fourth-order valence-corrected chi connectivity index (χ4v) is 3.13. The first-order chi connectivity index (χ1) is 13.8. The lowest BCUT2D eigenvalue weighted by molar-refractivity contribution is -0.384. The summed E-state index contributed by atoms with van der Waals surface area (Å²) in [5.41, 5.74) is 1.53. The van der Waals surface area contributed by atoms with Crippen LogP contribution in [0.4, 0.5) is 17.1 Å². The van der Waals surface area contributed by atoms with E-state index in [9.17, 15) is 19.7 Å². The average Bonchev–Trinajstić information content (AvgIpc) is 2.70. The molecule has 0 heterocycles. The van der Waals surface area contributed by atoms with Crippen LogP contribution in [0.15, 0.2) is 75.7 Å². The van der Waals surface area contributed by atoms with Crippen molar-refractivity contribution in [3.05, 3.63) is 96.9 Å². The molecule has 2 amide bonds. The summed E-state index contributed by atoms with van der Waals surface area (Å²) in [7, 11) is 0. The van der Waals surface area contributed by atoms with E-state index in [4.69, 9.17) is 0 Å². The number of nitro groups is 1. The minimum absolute atomic E-state index is 0.145. The molecular formula is C20H13Br2N3O4. The lowest BCUT2D eigenvalue weighted by Crippen LogP contribution is -2.14. The summed E-state index contributed by atoms with van der Waals surface area (Å²) in [6.07, 6.45) is 0. The number of nitro benzene ring substituents is 1. The van der Waals surface area contributed by atoms with Gasteiger partial charge in [-0.15, -0.1) is 0 Å². The summed E-state index contributed by atoms with van der Waals surface area (Å²) in [6, 6.07) is 17.5. The molecule has 0 spiro atoms. The molecule has 0 radical (unpaired) electrons. The number of carbonyl (C=O) groups excluding carboxylic acids is 2. The fraction of sp³-hybridized carbons (Fsp3) is 0. The number of nitrogens with zero attached hydrogens (tertiary/aromatic N) is 1. The lowest BCUT2D eigenvalue weighted by atomic mass is 10.1. The molecule has 3 aromatic carbocycles. The van der Waals surface area contributed by atoms with Gasteiger partial charge in [-0.05, 0) is 70.5 Å². The highest BCUT2D eigenvalue weighted by Crippen LogP contribution is 2.24. The first-order valence-corrected chi connectivity index (χ1v) is 9.84. The van der Waals surface area contributed by atoms with Gasteiger partial charge in [0.25, 0.3) is 17.5 Å². The zero-order chi connectivity index (χ0) is 21.0. The minimum atomic E-state index is -0.563. The van der Waals surface area contributed by atoms with E-state index in [1.807, 2.05) is 0 Å². The summed E-state index contributed by atoms with van der Waals surface area (Å²) in [4.78, 5) is 35.0. The van der Waals surface area contributed by atoms with Crippen LogP contribution in [0.25, 0.3) is 0 Å². The van der Waals surface area contributed by atoms with E-state index in [0.717, 1.165) is 4.47 Å². The van der Waals surface area contributed by atoms with Crippen molar-refractivity contribution in [2.75, 3.05) is 10.6 Å². The van der Waals surface area contributed by atoms with Crippen molar-refractivity contribution < 1.29 is 14.5 Å². The summed E-state index contributed by atoms with van der Waals surface area (Å²) in [5, 5.41) is 16.4.